The molecule has 2 aliphatic rings. The fourth-order valence-electron chi connectivity index (χ4n) is 4.14. The number of nitrogens with zero attached hydrogens (tertiary/aromatic N) is 3. The number of thioether (sulfide) groups is 1. The van der Waals surface area contributed by atoms with Crippen molar-refractivity contribution in [2.24, 2.45) is 9.98 Å². The van der Waals surface area contributed by atoms with Crippen LogP contribution in [0.1, 0.15) is 29.5 Å². The predicted molar refractivity (Wildman–Crippen MR) is 136 cm³/mol. The summed E-state index contributed by atoms with van der Waals surface area (Å²) in [6.45, 7) is 5.39. The van der Waals surface area contributed by atoms with Gasteiger partial charge in [0.15, 0.2) is 5.66 Å². The number of carbonyl (C=O) groups is 1. The Morgan fingerprint density at radius 2 is 1.79 bits per heavy atom. The molecule has 0 saturated carbocycles. The van der Waals surface area contributed by atoms with Crippen LogP contribution in [0.15, 0.2) is 46.4 Å². The van der Waals surface area contributed by atoms with Crippen molar-refractivity contribution < 1.29 is 14.3 Å². The monoisotopic (exact) mass is 466 g/mol. The summed E-state index contributed by atoms with van der Waals surface area (Å²) >= 11 is 1.63. The third kappa shape index (κ3) is 4.71. The SMILES string of the molecule is COc1ccc(OC)c(NC(=O)N2CCC3(CC2)N=C(SC)C(c2ccc(C)c(C)c2)=N3)c1. The molecule has 1 spiro atoms. The highest BCUT2D eigenvalue weighted by Gasteiger charge is 2.40. The summed E-state index contributed by atoms with van der Waals surface area (Å²) in [4.78, 5) is 24.9. The van der Waals surface area contributed by atoms with Gasteiger partial charge >= 0.3 is 6.03 Å². The molecule has 7 nitrogen and oxygen atoms in total. The van der Waals surface area contributed by atoms with Gasteiger partial charge in [0.2, 0.25) is 0 Å². The smallest absolute Gasteiger partial charge is 0.321 e. The molecule has 4 rings (SSSR count). The van der Waals surface area contributed by atoms with Gasteiger partial charge in [0.1, 0.15) is 16.5 Å². The van der Waals surface area contributed by atoms with E-state index in [1.807, 2.05) is 11.2 Å². The van der Waals surface area contributed by atoms with Crippen LogP contribution in [-0.2, 0) is 0 Å². The Morgan fingerprint density at radius 1 is 1.03 bits per heavy atom. The second-order valence-corrected chi connectivity index (χ2v) is 9.14. The zero-order valence-corrected chi connectivity index (χ0v) is 20.6. The number of likely N-dealkylation sites (tertiary alicyclic amines) is 1. The van der Waals surface area contributed by atoms with Gasteiger partial charge < -0.3 is 19.7 Å². The van der Waals surface area contributed by atoms with Gasteiger partial charge in [-0.25, -0.2) is 9.79 Å². The molecule has 174 valence electrons. The van der Waals surface area contributed by atoms with E-state index in [-0.39, 0.29) is 6.03 Å². The summed E-state index contributed by atoms with van der Waals surface area (Å²) in [6, 6.07) is 11.6. The first kappa shape index (κ1) is 23.2. The highest BCUT2D eigenvalue weighted by molar-refractivity contribution is 8.15. The highest BCUT2D eigenvalue weighted by atomic mass is 32.2. The van der Waals surface area contributed by atoms with E-state index in [4.69, 9.17) is 19.5 Å². The molecular weight excluding hydrogens is 436 g/mol. The molecule has 1 fully saturated rings. The minimum Gasteiger partial charge on any atom is -0.497 e. The summed E-state index contributed by atoms with van der Waals surface area (Å²) in [5.41, 5.74) is 4.67. The molecule has 2 aromatic carbocycles. The van der Waals surface area contributed by atoms with E-state index in [1.165, 1.54) is 11.1 Å². The van der Waals surface area contributed by atoms with Crippen LogP contribution in [0.25, 0.3) is 0 Å². The molecule has 1 saturated heterocycles. The fraction of sp³-hybridized carbons (Fsp3) is 0.400. The van der Waals surface area contributed by atoms with Crippen LogP contribution in [0.4, 0.5) is 10.5 Å². The number of ether oxygens (including phenoxy) is 2. The summed E-state index contributed by atoms with van der Waals surface area (Å²) in [6.07, 6.45) is 3.42. The van der Waals surface area contributed by atoms with Crippen molar-refractivity contribution in [3.05, 3.63) is 53.1 Å². The first-order valence-corrected chi connectivity index (χ1v) is 12.2. The lowest BCUT2D eigenvalue weighted by molar-refractivity contribution is 0.175. The molecular formula is C25H30N4O3S. The molecule has 0 unspecified atom stereocenters. The number of carbonyl (C=O) groups excluding carboxylic acids is 1. The Hall–Kier alpha value is -3.00. The summed E-state index contributed by atoms with van der Waals surface area (Å²) in [7, 11) is 3.17. The van der Waals surface area contributed by atoms with Gasteiger partial charge in [-0.15, -0.1) is 11.8 Å². The number of methoxy groups -OCH3 is 2. The van der Waals surface area contributed by atoms with Crippen molar-refractivity contribution in [2.75, 3.05) is 38.9 Å². The van der Waals surface area contributed by atoms with Gasteiger partial charge in [0.05, 0.1) is 25.6 Å². The molecule has 0 radical (unpaired) electrons. The van der Waals surface area contributed by atoms with Crippen molar-refractivity contribution in [2.45, 2.75) is 32.4 Å². The van der Waals surface area contributed by atoms with E-state index in [9.17, 15) is 4.79 Å². The Labute approximate surface area is 199 Å². The number of hydrogen-bond donors (Lipinski definition) is 1. The largest absolute Gasteiger partial charge is 0.497 e. The maximum absolute atomic E-state index is 13.0. The number of nitrogens with one attached hydrogen (secondary N) is 1. The van der Waals surface area contributed by atoms with Crippen LogP contribution in [0, 0.1) is 13.8 Å². The van der Waals surface area contributed by atoms with E-state index in [1.54, 1.807) is 44.2 Å². The third-order valence-corrected chi connectivity index (χ3v) is 6.98. The standard InChI is InChI=1S/C25H30N4O3S/c1-16-6-7-18(14-17(16)2)22-23(33-5)28-25(27-22)10-12-29(13-11-25)24(30)26-20-15-19(31-3)8-9-21(20)32-4/h6-9,14-15H,10-13H2,1-5H3,(H,26,30). The van der Waals surface area contributed by atoms with Gasteiger partial charge in [-0.2, -0.15) is 0 Å². The van der Waals surface area contributed by atoms with Gasteiger partial charge in [-0.3, -0.25) is 4.99 Å². The highest BCUT2D eigenvalue weighted by Crippen LogP contribution is 2.36. The van der Waals surface area contributed by atoms with Gasteiger partial charge in [-0.1, -0.05) is 12.1 Å². The normalized spacial score (nSPS) is 16.9. The Balaban J connectivity index is 1.48. The van der Waals surface area contributed by atoms with Crippen LogP contribution >= 0.6 is 11.8 Å². The zero-order chi connectivity index (χ0) is 23.6. The lowest BCUT2D eigenvalue weighted by Gasteiger charge is -2.35. The average Bonchev–Trinajstić information content (AvgIpc) is 3.19. The van der Waals surface area contributed by atoms with Crippen LogP contribution in [-0.4, -0.2) is 60.9 Å². The van der Waals surface area contributed by atoms with Crippen molar-refractivity contribution in [1.29, 1.82) is 0 Å². The van der Waals surface area contributed by atoms with Gasteiger partial charge in [0.25, 0.3) is 0 Å². The lowest BCUT2D eigenvalue weighted by atomic mass is 9.98. The Morgan fingerprint density at radius 3 is 2.42 bits per heavy atom. The molecule has 2 aliphatic heterocycles. The molecule has 2 heterocycles. The second kappa shape index (κ2) is 9.47. The fourth-order valence-corrected chi connectivity index (χ4v) is 4.76. The third-order valence-electron chi connectivity index (χ3n) is 6.31. The molecule has 2 amide bonds. The van der Waals surface area contributed by atoms with Crippen LogP contribution in [0.3, 0.4) is 0 Å². The first-order valence-electron chi connectivity index (χ1n) is 11.0. The maximum atomic E-state index is 13.0. The molecule has 33 heavy (non-hydrogen) atoms. The van der Waals surface area contributed by atoms with Gasteiger partial charge in [0, 0.05) is 37.6 Å². The van der Waals surface area contributed by atoms with E-state index in [0.717, 1.165) is 16.3 Å². The quantitative estimate of drug-likeness (QED) is 0.695. The maximum Gasteiger partial charge on any atom is 0.321 e. The van der Waals surface area contributed by atoms with E-state index >= 15 is 0 Å². The number of aliphatic imine (C=N–C) groups is 2. The topological polar surface area (TPSA) is 75.5 Å². The summed E-state index contributed by atoms with van der Waals surface area (Å²) in [5.74, 6) is 1.24. The molecule has 0 atom stereocenters. The number of aryl methyl sites for hydroxylation is 2. The molecule has 0 aliphatic carbocycles. The molecule has 8 heteroatoms. The van der Waals surface area contributed by atoms with Crippen LogP contribution < -0.4 is 14.8 Å². The molecule has 2 aromatic rings. The number of rotatable bonds is 4. The van der Waals surface area contributed by atoms with Crippen molar-refractivity contribution >= 4 is 34.2 Å². The predicted octanol–water partition coefficient (Wildman–Crippen LogP) is 4.91. The van der Waals surface area contributed by atoms with Crippen LogP contribution in [0.5, 0.6) is 11.5 Å². The number of anilines is 1. The van der Waals surface area contributed by atoms with Crippen molar-refractivity contribution in [3.8, 4) is 11.5 Å². The Bertz CT molecular complexity index is 1120. The minimum absolute atomic E-state index is 0.165. The molecule has 0 bridgehead atoms. The number of hydrogen-bond acceptors (Lipinski definition) is 6. The number of amides is 2. The second-order valence-electron chi connectivity index (χ2n) is 8.35. The first-order chi connectivity index (χ1) is 15.9. The van der Waals surface area contributed by atoms with Crippen LogP contribution in [0.2, 0.25) is 0 Å². The lowest BCUT2D eigenvalue weighted by Crippen LogP contribution is -2.46. The molecule has 1 N–H and O–H groups in total. The van der Waals surface area contributed by atoms with E-state index in [0.29, 0.717) is 43.1 Å². The zero-order valence-electron chi connectivity index (χ0n) is 19.8. The summed E-state index contributed by atoms with van der Waals surface area (Å²) in [5, 5.41) is 3.93. The average molecular weight is 467 g/mol. The van der Waals surface area contributed by atoms with E-state index in [2.05, 4.69) is 37.4 Å². The number of benzene rings is 2. The minimum atomic E-state index is -0.489. The van der Waals surface area contributed by atoms with E-state index < -0.39 is 5.66 Å². The van der Waals surface area contributed by atoms with Gasteiger partial charge in [-0.05, 0) is 49.4 Å². The number of urea groups is 1. The number of piperidine rings is 1. The summed E-state index contributed by atoms with van der Waals surface area (Å²) < 4.78 is 10.7. The van der Waals surface area contributed by atoms with Crippen molar-refractivity contribution in [3.63, 3.8) is 0 Å². The van der Waals surface area contributed by atoms with Crippen molar-refractivity contribution in [1.82, 2.24) is 4.90 Å². The molecule has 0 aromatic heterocycles. The Kier molecular flexibility index (Phi) is 6.65.